The van der Waals surface area contributed by atoms with Crippen LogP contribution in [0.3, 0.4) is 0 Å². The van der Waals surface area contributed by atoms with Crippen LogP contribution in [0.15, 0.2) is 103 Å². The van der Waals surface area contributed by atoms with Crippen molar-refractivity contribution in [2.75, 3.05) is 0 Å². The third-order valence-corrected chi connectivity index (χ3v) is 6.53. The Balaban J connectivity index is 0.000000666. The molecule has 1 radical (unpaired) electrons. The monoisotopic (exact) mass is 642 g/mol. The molecule has 2 aromatic heterocycles. The average Bonchev–Trinajstić information content (AvgIpc) is 3.45. The summed E-state index contributed by atoms with van der Waals surface area (Å²) in [5, 5.41) is 7.28. The van der Waals surface area contributed by atoms with Crippen LogP contribution in [0.2, 0.25) is 0 Å². The van der Waals surface area contributed by atoms with E-state index >= 15 is 0 Å². The maximum absolute atomic E-state index is 4.81. The molecule has 0 N–H and O–H groups in total. The van der Waals surface area contributed by atoms with Gasteiger partial charge in [0.25, 0.3) is 0 Å². The van der Waals surface area contributed by atoms with Crippen molar-refractivity contribution in [2.24, 2.45) is 0 Å². The molecule has 5 aromatic carbocycles. The Morgan fingerprint density at radius 1 is 0.605 bits per heavy atom. The molecule has 7 aromatic rings. The first-order chi connectivity index (χ1) is 20.9. The number of nitrogens with zero attached hydrogens (tertiary/aromatic N) is 3. The SMILES string of the molecule is CC.CC.CC.CC.[Y].[c-]1ccccc1Cc1[c-]nc(-n2c3ccc4ccccc4c3c3ccc4ccccc4c32)nc1. The summed E-state index contributed by atoms with van der Waals surface area (Å²) in [6, 6.07) is 37.1. The topological polar surface area (TPSA) is 30.7 Å². The van der Waals surface area contributed by atoms with Crippen molar-refractivity contribution in [1.82, 2.24) is 14.5 Å². The summed E-state index contributed by atoms with van der Waals surface area (Å²) in [6.07, 6.45) is 5.83. The summed E-state index contributed by atoms with van der Waals surface area (Å²) < 4.78 is 2.19. The van der Waals surface area contributed by atoms with Crippen LogP contribution >= 0.6 is 0 Å². The van der Waals surface area contributed by atoms with Gasteiger partial charge in [-0.25, -0.2) is 0 Å². The summed E-state index contributed by atoms with van der Waals surface area (Å²) in [5.41, 5.74) is 4.27. The van der Waals surface area contributed by atoms with E-state index in [1.165, 1.54) is 32.3 Å². The van der Waals surface area contributed by atoms with Crippen LogP contribution in [0.1, 0.15) is 66.5 Å². The molecule has 7 rings (SSSR count). The van der Waals surface area contributed by atoms with Crippen molar-refractivity contribution >= 4 is 43.4 Å². The Hall–Kier alpha value is -3.40. The van der Waals surface area contributed by atoms with Crippen molar-refractivity contribution in [2.45, 2.75) is 61.8 Å². The summed E-state index contributed by atoms with van der Waals surface area (Å²) in [7, 11) is 0. The zero-order valence-corrected chi connectivity index (χ0v) is 29.8. The van der Waals surface area contributed by atoms with E-state index in [0.717, 1.165) is 22.2 Å². The minimum atomic E-state index is 0. The van der Waals surface area contributed by atoms with Gasteiger partial charge >= 0.3 is 0 Å². The minimum absolute atomic E-state index is 0. The van der Waals surface area contributed by atoms with E-state index in [1.807, 2.05) is 79.8 Å². The van der Waals surface area contributed by atoms with Gasteiger partial charge in [0.2, 0.25) is 0 Å². The predicted octanol–water partition coefficient (Wildman–Crippen LogP) is 11.2. The Kier molecular flexibility index (Phi) is 15.2. The second-order valence-corrected chi connectivity index (χ2v) is 8.57. The molecule has 0 amide bonds. The zero-order valence-electron chi connectivity index (χ0n) is 26.9. The van der Waals surface area contributed by atoms with E-state index in [0.29, 0.717) is 12.4 Å². The fraction of sp³-hybridized carbons (Fsp3) is 0.231. The maximum atomic E-state index is 4.81. The summed E-state index contributed by atoms with van der Waals surface area (Å²) >= 11 is 0. The number of hydrogen-bond donors (Lipinski definition) is 0. The van der Waals surface area contributed by atoms with Gasteiger partial charge in [0.1, 0.15) is 5.95 Å². The van der Waals surface area contributed by atoms with Crippen LogP contribution in [0.5, 0.6) is 0 Å². The van der Waals surface area contributed by atoms with E-state index in [2.05, 4.69) is 95.7 Å². The quantitative estimate of drug-likeness (QED) is 0.180. The van der Waals surface area contributed by atoms with Crippen LogP contribution in [-0.4, -0.2) is 14.5 Å². The Labute approximate surface area is 283 Å². The van der Waals surface area contributed by atoms with Crippen molar-refractivity contribution < 1.29 is 32.7 Å². The maximum Gasteiger partial charge on any atom is 0.118 e. The van der Waals surface area contributed by atoms with E-state index in [-0.39, 0.29) is 32.7 Å². The Bertz CT molecular complexity index is 1820. The second kappa shape index (κ2) is 18.3. The van der Waals surface area contributed by atoms with E-state index in [1.54, 1.807) is 0 Å². The smallest absolute Gasteiger partial charge is 0.118 e. The number of aromatic nitrogens is 3. The molecule has 0 aliphatic carbocycles. The van der Waals surface area contributed by atoms with Crippen LogP contribution < -0.4 is 0 Å². The van der Waals surface area contributed by atoms with Crippen molar-refractivity contribution in [3.05, 3.63) is 127 Å². The molecule has 0 aliphatic rings. The van der Waals surface area contributed by atoms with Gasteiger partial charge in [-0.3, -0.25) is 0 Å². The number of fused-ring (bicyclic) bond motifs is 7. The Morgan fingerprint density at radius 3 is 1.84 bits per heavy atom. The van der Waals surface area contributed by atoms with E-state index in [9.17, 15) is 0 Å². The van der Waals surface area contributed by atoms with E-state index in [4.69, 9.17) is 9.97 Å². The molecule has 2 heterocycles. The standard InChI is InChI=1S/C31H19N3.4C2H6.Y/c1-2-8-21(9-3-1)18-22-19-32-31(33-20-22)34-28-17-15-23-10-4-6-12-25(23)29(28)27-16-14-24-11-5-7-13-26(24)30(27)34;4*1-2;/h1-8,10-17,19H,18H2;4*1-2H3;/q-2;;;;;. The minimum Gasteiger partial charge on any atom is -0.354 e. The molecular formula is C39H43N3Y-2. The number of benzene rings is 5. The van der Waals surface area contributed by atoms with Gasteiger partial charge in [-0.05, 0) is 28.6 Å². The normalized spacial score (nSPS) is 9.77. The number of hydrogen-bond acceptors (Lipinski definition) is 2. The van der Waals surface area contributed by atoms with Crippen molar-refractivity contribution in [3.8, 4) is 5.95 Å². The van der Waals surface area contributed by atoms with Crippen LogP contribution in [0.4, 0.5) is 0 Å². The van der Waals surface area contributed by atoms with Crippen molar-refractivity contribution in [1.29, 1.82) is 0 Å². The molecule has 0 unspecified atom stereocenters. The second-order valence-electron chi connectivity index (χ2n) is 8.57. The van der Waals surface area contributed by atoms with Crippen molar-refractivity contribution in [3.63, 3.8) is 0 Å². The molecule has 0 saturated heterocycles. The van der Waals surface area contributed by atoms with Crippen LogP contribution in [0.25, 0.3) is 49.3 Å². The van der Waals surface area contributed by atoms with Gasteiger partial charge < -0.3 is 14.5 Å². The third-order valence-electron chi connectivity index (χ3n) is 6.53. The summed E-state index contributed by atoms with van der Waals surface area (Å²) in [4.78, 5) is 9.53. The van der Waals surface area contributed by atoms with Gasteiger partial charge in [-0.15, -0.1) is 5.56 Å². The Morgan fingerprint density at radius 2 is 1.21 bits per heavy atom. The first kappa shape index (κ1) is 35.8. The largest absolute Gasteiger partial charge is 0.354 e. The summed E-state index contributed by atoms with van der Waals surface area (Å²) in [6.45, 7) is 16.0. The van der Waals surface area contributed by atoms with Gasteiger partial charge in [-0.1, -0.05) is 135 Å². The van der Waals surface area contributed by atoms with Gasteiger partial charge in [0, 0.05) is 54.4 Å². The average molecular weight is 643 g/mol. The molecule has 3 nitrogen and oxygen atoms in total. The van der Waals surface area contributed by atoms with E-state index < -0.39 is 0 Å². The molecule has 219 valence electrons. The summed E-state index contributed by atoms with van der Waals surface area (Å²) in [5.74, 6) is 0.632. The molecule has 0 bridgehead atoms. The molecule has 0 saturated carbocycles. The zero-order chi connectivity index (χ0) is 30.5. The molecule has 0 spiro atoms. The molecule has 43 heavy (non-hydrogen) atoms. The molecule has 0 atom stereocenters. The molecule has 0 aliphatic heterocycles. The molecule has 0 fully saturated rings. The molecule has 4 heteroatoms. The third kappa shape index (κ3) is 7.58. The van der Waals surface area contributed by atoms with Gasteiger partial charge in [0.15, 0.2) is 0 Å². The van der Waals surface area contributed by atoms with Crippen LogP contribution in [0, 0.1) is 12.3 Å². The fourth-order valence-electron chi connectivity index (χ4n) is 5.01. The first-order valence-electron chi connectivity index (χ1n) is 15.4. The fourth-order valence-corrected chi connectivity index (χ4v) is 5.01. The molecular weight excluding hydrogens is 599 g/mol. The van der Waals surface area contributed by atoms with Gasteiger partial charge in [0.05, 0.1) is 5.52 Å². The van der Waals surface area contributed by atoms with Gasteiger partial charge in [-0.2, -0.15) is 35.9 Å². The van der Waals surface area contributed by atoms with Crippen LogP contribution in [-0.2, 0) is 39.1 Å². The first-order valence-corrected chi connectivity index (χ1v) is 15.4. The number of rotatable bonds is 3. The predicted molar refractivity (Wildman–Crippen MR) is 184 cm³/mol.